The molecule has 0 aliphatic heterocycles. The number of nitrogens with one attached hydrogen (secondary N) is 1. The topological polar surface area (TPSA) is 33.7 Å². The van der Waals surface area contributed by atoms with E-state index in [-0.39, 0.29) is 0 Å². The van der Waals surface area contributed by atoms with Crippen molar-refractivity contribution in [3.8, 4) is 0 Å². The summed E-state index contributed by atoms with van der Waals surface area (Å²) in [6.07, 6.45) is 2.55. The Morgan fingerprint density at radius 1 is 1.19 bits per heavy atom. The molecule has 0 radical (unpaired) electrons. The molecule has 0 aromatic heterocycles. The number of benzene rings is 1. The molecule has 118 valence electrons. The van der Waals surface area contributed by atoms with Gasteiger partial charge in [-0.15, -0.1) is 0 Å². The largest absolute Gasteiger partial charge is 0.383 e. The van der Waals surface area contributed by atoms with Crippen molar-refractivity contribution >= 4 is 17.3 Å². The van der Waals surface area contributed by atoms with Crippen molar-refractivity contribution in [2.45, 2.75) is 25.4 Å². The van der Waals surface area contributed by atoms with E-state index in [0.29, 0.717) is 19.3 Å². The van der Waals surface area contributed by atoms with Gasteiger partial charge in [-0.05, 0) is 25.0 Å². The Morgan fingerprint density at radius 3 is 2.43 bits per heavy atom. The fourth-order valence-corrected chi connectivity index (χ4v) is 2.54. The van der Waals surface area contributed by atoms with Crippen LogP contribution in [0.3, 0.4) is 0 Å². The highest BCUT2D eigenvalue weighted by atomic mass is 35.5. The third-order valence-electron chi connectivity index (χ3n) is 3.71. The van der Waals surface area contributed by atoms with E-state index in [2.05, 4.69) is 16.3 Å². The van der Waals surface area contributed by atoms with Crippen LogP contribution in [0.5, 0.6) is 0 Å². The SMILES string of the molecule is COCCN(CCOC)c1cccc(Cl)c1CNC1CC1. The summed E-state index contributed by atoms with van der Waals surface area (Å²) in [6.45, 7) is 3.85. The van der Waals surface area contributed by atoms with Crippen molar-refractivity contribution in [3.63, 3.8) is 0 Å². The predicted octanol–water partition coefficient (Wildman–Crippen LogP) is 2.69. The normalized spacial score (nSPS) is 14.4. The van der Waals surface area contributed by atoms with E-state index < -0.39 is 0 Å². The van der Waals surface area contributed by atoms with E-state index in [0.717, 1.165) is 24.7 Å². The van der Waals surface area contributed by atoms with E-state index in [1.807, 2.05) is 12.1 Å². The lowest BCUT2D eigenvalue weighted by molar-refractivity contribution is 0.190. The van der Waals surface area contributed by atoms with Gasteiger partial charge in [-0.25, -0.2) is 0 Å². The zero-order valence-corrected chi connectivity index (χ0v) is 13.7. The van der Waals surface area contributed by atoms with Crippen LogP contribution in [0.15, 0.2) is 18.2 Å². The molecule has 2 rings (SSSR count). The van der Waals surface area contributed by atoms with E-state index >= 15 is 0 Å². The Kier molecular flexibility index (Phi) is 6.77. The molecule has 1 aromatic carbocycles. The first-order valence-corrected chi connectivity index (χ1v) is 7.87. The number of hydrogen-bond acceptors (Lipinski definition) is 4. The maximum atomic E-state index is 6.42. The smallest absolute Gasteiger partial charge is 0.0637 e. The highest BCUT2D eigenvalue weighted by molar-refractivity contribution is 6.31. The molecule has 1 saturated carbocycles. The van der Waals surface area contributed by atoms with Crippen LogP contribution in [0.25, 0.3) is 0 Å². The molecular weight excluding hydrogens is 288 g/mol. The summed E-state index contributed by atoms with van der Waals surface area (Å²) in [4.78, 5) is 2.28. The van der Waals surface area contributed by atoms with Crippen LogP contribution in [-0.2, 0) is 16.0 Å². The number of nitrogens with zero attached hydrogens (tertiary/aromatic N) is 1. The van der Waals surface area contributed by atoms with Crippen molar-refractivity contribution in [1.82, 2.24) is 5.32 Å². The van der Waals surface area contributed by atoms with Gasteiger partial charge >= 0.3 is 0 Å². The third kappa shape index (κ3) is 5.15. The van der Waals surface area contributed by atoms with Crippen LogP contribution in [-0.4, -0.2) is 46.6 Å². The lowest BCUT2D eigenvalue weighted by Gasteiger charge is -2.27. The molecule has 1 aliphatic rings. The zero-order valence-electron chi connectivity index (χ0n) is 12.9. The first kappa shape index (κ1) is 16.6. The number of halogens is 1. The predicted molar refractivity (Wildman–Crippen MR) is 87.3 cm³/mol. The number of methoxy groups -OCH3 is 2. The van der Waals surface area contributed by atoms with Crippen molar-refractivity contribution in [2.75, 3.05) is 45.4 Å². The van der Waals surface area contributed by atoms with E-state index in [1.54, 1.807) is 14.2 Å². The summed E-state index contributed by atoms with van der Waals surface area (Å²) in [5.41, 5.74) is 2.34. The van der Waals surface area contributed by atoms with Crippen LogP contribution < -0.4 is 10.2 Å². The quantitative estimate of drug-likeness (QED) is 0.720. The second kappa shape index (κ2) is 8.59. The summed E-state index contributed by atoms with van der Waals surface area (Å²) >= 11 is 6.42. The summed E-state index contributed by atoms with van der Waals surface area (Å²) in [6, 6.07) is 6.76. The van der Waals surface area contributed by atoms with Crippen LogP contribution >= 0.6 is 11.6 Å². The summed E-state index contributed by atoms with van der Waals surface area (Å²) < 4.78 is 10.4. The molecular formula is C16H25ClN2O2. The lowest BCUT2D eigenvalue weighted by Crippen LogP contribution is -2.32. The average molecular weight is 313 g/mol. The Hall–Kier alpha value is -0.810. The first-order valence-electron chi connectivity index (χ1n) is 7.50. The van der Waals surface area contributed by atoms with Gasteiger partial charge in [0.2, 0.25) is 0 Å². The minimum Gasteiger partial charge on any atom is -0.383 e. The second-order valence-electron chi connectivity index (χ2n) is 5.37. The van der Waals surface area contributed by atoms with Crippen LogP contribution in [0.1, 0.15) is 18.4 Å². The van der Waals surface area contributed by atoms with Crippen molar-refractivity contribution < 1.29 is 9.47 Å². The molecule has 5 heteroatoms. The van der Waals surface area contributed by atoms with Crippen molar-refractivity contribution in [2.24, 2.45) is 0 Å². The Bertz CT molecular complexity index is 430. The van der Waals surface area contributed by atoms with Gasteiger partial charge in [-0.3, -0.25) is 0 Å². The van der Waals surface area contributed by atoms with E-state index in [9.17, 15) is 0 Å². The second-order valence-corrected chi connectivity index (χ2v) is 5.77. The standard InChI is InChI=1S/C16H25ClN2O2/c1-20-10-8-19(9-11-21-2)16-5-3-4-15(17)14(16)12-18-13-6-7-13/h3-5,13,18H,6-12H2,1-2H3. The molecule has 4 nitrogen and oxygen atoms in total. The van der Waals surface area contributed by atoms with Gasteiger partial charge in [-0.2, -0.15) is 0 Å². The number of hydrogen-bond donors (Lipinski definition) is 1. The molecule has 0 atom stereocenters. The summed E-state index contributed by atoms with van der Waals surface area (Å²) in [7, 11) is 3.45. The monoisotopic (exact) mass is 312 g/mol. The number of anilines is 1. The third-order valence-corrected chi connectivity index (χ3v) is 4.06. The van der Waals surface area contributed by atoms with E-state index in [1.165, 1.54) is 24.1 Å². The van der Waals surface area contributed by atoms with E-state index in [4.69, 9.17) is 21.1 Å². The van der Waals surface area contributed by atoms with Gasteiger partial charge in [0.05, 0.1) is 13.2 Å². The van der Waals surface area contributed by atoms with Crippen LogP contribution in [0.2, 0.25) is 5.02 Å². The van der Waals surface area contributed by atoms with Gasteiger partial charge in [-0.1, -0.05) is 17.7 Å². The summed E-state index contributed by atoms with van der Waals surface area (Å²) in [5, 5.41) is 4.37. The fraction of sp³-hybridized carbons (Fsp3) is 0.625. The maximum Gasteiger partial charge on any atom is 0.0637 e. The number of rotatable bonds is 10. The number of ether oxygens (including phenoxy) is 2. The van der Waals surface area contributed by atoms with Crippen LogP contribution in [0, 0.1) is 0 Å². The molecule has 0 saturated heterocycles. The van der Waals surface area contributed by atoms with Crippen LogP contribution in [0.4, 0.5) is 5.69 Å². The molecule has 1 aliphatic carbocycles. The van der Waals surface area contributed by atoms with Gasteiger partial charge in [0.15, 0.2) is 0 Å². The van der Waals surface area contributed by atoms with Gasteiger partial charge in [0, 0.05) is 56.2 Å². The molecule has 1 fully saturated rings. The Balaban J connectivity index is 2.13. The first-order chi connectivity index (χ1) is 10.3. The molecule has 1 N–H and O–H groups in total. The molecule has 21 heavy (non-hydrogen) atoms. The minimum atomic E-state index is 0.667. The highest BCUT2D eigenvalue weighted by Crippen LogP contribution is 2.29. The Labute approximate surface area is 132 Å². The minimum absolute atomic E-state index is 0.667. The maximum absolute atomic E-state index is 6.42. The molecule has 0 unspecified atom stereocenters. The van der Waals surface area contributed by atoms with Gasteiger partial charge < -0.3 is 19.7 Å². The van der Waals surface area contributed by atoms with Crippen molar-refractivity contribution in [3.05, 3.63) is 28.8 Å². The highest BCUT2D eigenvalue weighted by Gasteiger charge is 2.22. The molecule has 1 aromatic rings. The summed E-state index contributed by atoms with van der Waals surface area (Å²) in [5.74, 6) is 0. The molecule has 0 amide bonds. The van der Waals surface area contributed by atoms with Gasteiger partial charge in [0.1, 0.15) is 0 Å². The van der Waals surface area contributed by atoms with Crippen molar-refractivity contribution in [1.29, 1.82) is 0 Å². The lowest BCUT2D eigenvalue weighted by atomic mass is 10.1. The van der Waals surface area contributed by atoms with Gasteiger partial charge in [0.25, 0.3) is 0 Å². The molecule has 0 bridgehead atoms. The Morgan fingerprint density at radius 2 is 1.86 bits per heavy atom. The average Bonchev–Trinajstić information content (AvgIpc) is 3.30. The molecule has 0 heterocycles. The fourth-order valence-electron chi connectivity index (χ4n) is 2.31. The molecule has 0 spiro atoms. The zero-order chi connectivity index (χ0) is 15.1.